The van der Waals surface area contributed by atoms with Gasteiger partial charge in [-0.25, -0.2) is 13.4 Å². The monoisotopic (exact) mass is 476 g/mol. The standard InChI is InChI=1S/C21H24N4O5S2/c1-14-19(21(26)25-8-10-30-11-9-25)31-20(22-14)18-12-17(13-24(18)2)32(27,28)23-15-4-6-16(29-3)7-5-15/h4-7,12-13,23H,8-11H2,1-3H3. The molecule has 0 radical (unpaired) electrons. The molecule has 32 heavy (non-hydrogen) atoms. The van der Waals surface area contributed by atoms with Gasteiger partial charge in [0.1, 0.15) is 20.5 Å². The molecule has 1 saturated heterocycles. The molecular formula is C21H24N4O5S2. The van der Waals surface area contributed by atoms with E-state index in [-0.39, 0.29) is 10.8 Å². The largest absolute Gasteiger partial charge is 0.497 e. The average molecular weight is 477 g/mol. The minimum Gasteiger partial charge on any atom is -0.497 e. The van der Waals surface area contributed by atoms with E-state index < -0.39 is 10.0 Å². The Morgan fingerprint density at radius 2 is 1.91 bits per heavy atom. The minimum absolute atomic E-state index is 0.0715. The van der Waals surface area contributed by atoms with Gasteiger partial charge in [0.25, 0.3) is 15.9 Å². The second-order valence-electron chi connectivity index (χ2n) is 7.34. The van der Waals surface area contributed by atoms with Gasteiger partial charge in [0.15, 0.2) is 0 Å². The summed E-state index contributed by atoms with van der Waals surface area (Å²) in [6.07, 6.45) is 1.53. The number of methoxy groups -OCH3 is 1. The summed E-state index contributed by atoms with van der Waals surface area (Å²) in [6, 6.07) is 8.19. The van der Waals surface area contributed by atoms with E-state index in [1.54, 1.807) is 60.9 Å². The molecule has 9 nitrogen and oxygen atoms in total. The molecule has 1 aliphatic heterocycles. The number of carbonyl (C=O) groups excluding carboxylic acids is 1. The molecule has 1 aromatic carbocycles. The normalized spacial score (nSPS) is 14.4. The third-order valence-electron chi connectivity index (χ3n) is 5.14. The molecule has 1 N–H and O–H groups in total. The number of aromatic nitrogens is 2. The van der Waals surface area contributed by atoms with Gasteiger partial charge in [-0.15, -0.1) is 11.3 Å². The fourth-order valence-electron chi connectivity index (χ4n) is 3.38. The first-order chi connectivity index (χ1) is 15.3. The van der Waals surface area contributed by atoms with Gasteiger partial charge in [-0.2, -0.15) is 0 Å². The van der Waals surface area contributed by atoms with Crippen molar-refractivity contribution in [2.24, 2.45) is 7.05 Å². The van der Waals surface area contributed by atoms with Gasteiger partial charge in [-0.05, 0) is 37.3 Å². The fraction of sp³-hybridized carbons (Fsp3) is 0.333. The Morgan fingerprint density at radius 1 is 1.22 bits per heavy atom. The van der Waals surface area contributed by atoms with Crippen molar-refractivity contribution in [1.82, 2.24) is 14.5 Å². The molecule has 4 rings (SSSR count). The highest BCUT2D eigenvalue weighted by molar-refractivity contribution is 7.92. The van der Waals surface area contributed by atoms with Crippen LogP contribution >= 0.6 is 11.3 Å². The maximum absolute atomic E-state index is 12.9. The average Bonchev–Trinajstić information content (AvgIpc) is 3.37. The van der Waals surface area contributed by atoms with Crippen LogP contribution in [-0.4, -0.2) is 62.2 Å². The summed E-state index contributed by atoms with van der Waals surface area (Å²) in [4.78, 5) is 19.9. The molecular weight excluding hydrogens is 452 g/mol. The van der Waals surface area contributed by atoms with E-state index in [2.05, 4.69) is 9.71 Å². The number of amides is 1. The van der Waals surface area contributed by atoms with Crippen molar-refractivity contribution >= 4 is 33.0 Å². The number of nitrogens with zero attached hydrogens (tertiary/aromatic N) is 3. The smallest absolute Gasteiger partial charge is 0.266 e. The molecule has 3 heterocycles. The molecule has 1 aliphatic rings. The van der Waals surface area contributed by atoms with Crippen LogP contribution in [0.1, 0.15) is 15.4 Å². The number of hydrogen-bond donors (Lipinski definition) is 1. The zero-order valence-corrected chi connectivity index (χ0v) is 19.6. The Labute approximate surface area is 190 Å². The van der Waals surface area contributed by atoms with Crippen LogP contribution in [-0.2, 0) is 21.8 Å². The molecule has 0 aliphatic carbocycles. The van der Waals surface area contributed by atoms with Gasteiger partial charge in [0, 0.05) is 32.0 Å². The Kier molecular flexibility index (Phi) is 6.22. The van der Waals surface area contributed by atoms with Crippen LogP contribution in [0.3, 0.4) is 0 Å². The van der Waals surface area contributed by atoms with Crippen LogP contribution in [0.15, 0.2) is 41.4 Å². The van der Waals surface area contributed by atoms with Crippen molar-refractivity contribution in [3.05, 3.63) is 47.1 Å². The Morgan fingerprint density at radius 3 is 2.56 bits per heavy atom. The second-order valence-corrected chi connectivity index (χ2v) is 10.0. The third-order valence-corrected chi connectivity index (χ3v) is 7.66. The number of carbonyl (C=O) groups is 1. The van der Waals surface area contributed by atoms with Gasteiger partial charge < -0.3 is 18.9 Å². The lowest BCUT2D eigenvalue weighted by Crippen LogP contribution is -2.40. The first kappa shape index (κ1) is 22.3. The number of thiazole rings is 1. The molecule has 0 saturated carbocycles. The van der Waals surface area contributed by atoms with Crippen molar-refractivity contribution in [2.45, 2.75) is 11.8 Å². The van der Waals surface area contributed by atoms with Crippen LogP contribution < -0.4 is 9.46 Å². The first-order valence-electron chi connectivity index (χ1n) is 9.96. The molecule has 0 bridgehead atoms. The highest BCUT2D eigenvalue weighted by atomic mass is 32.2. The summed E-state index contributed by atoms with van der Waals surface area (Å²) in [6.45, 7) is 3.94. The van der Waals surface area contributed by atoms with Crippen molar-refractivity contribution in [2.75, 3.05) is 38.1 Å². The summed E-state index contributed by atoms with van der Waals surface area (Å²) in [5.74, 6) is 0.564. The highest BCUT2D eigenvalue weighted by Gasteiger charge is 2.25. The Bertz CT molecular complexity index is 1230. The van der Waals surface area contributed by atoms with Crippen molar-refractivity contribution < 1.29 is 22.7 Å². The molecule has 3 aromatic rings. The second kappa shape index (κ2) is 8.93. The van der Waals surface area contributed by atoms with Crippen LogP contribution in [0.5, 0.6) is 5.75 Å². The summed E-state index contributed by atoms with van der Waals surface area (Å²) in [5, 5.41) is 0.590. The van der Waals surface area contributed by atoms with E-state index in [9.17, 15) is 13.2 Å². The molecule has 2 aromatic heterocycles. The molecule has 0 unspecified atom stereocenters. The summed E-state index contributed by atoms with van der Waals surface area (Å²) in [7, 11) is -0.505. The topological polar surface area (TPSA) is 103 Å². The lowest BCUT2D eigenvalue weighted by atomic mass is 10.3. The molecule has 0 spiro atoms. The Hall–Kier alpha value is -2.89. The maximum atomic E-state index is 12.9. The van der Waals surface area contributed by atoms with Crippen LogP contribution in [0.4, 0.5) is 5.69 Å². The molecule has 11 heteroatoms. The summed E-state index contributed by atoms with van der Waals surface area (Å²) in [5.41, 5.74) is 1.68. The van der Waals surface area contributed by atoms with E-state index in [1.807, 2.05) is 0 Å². The van der Waals surface area contributed by atoms with Gasteiger partial charge in [0.2, 0.25) is 0 Å². The first-order valence-corrected chi connectivity index (χ1v) is 12.3. The van der Waals surface area contributed by atoms with E-state index in [0.29, 0.717) is 59.0 Å². The zero-order chi connectivity index (χ0) is 22.9. The lowest BCUT2D eigenvalue weighted by Gasteiger charge is -2.26. The number of anilines is 1. The third kappa shape index (κ3) is 4.50. The van der Waals surface area contributed by atoms with Crippen molar-refractivity contribution in [3.63, 3.8) is 0 Å². The summed E-state index contributed by atoms with van der Waals surface area (Å²) >= 11 is 1.27. The van der Waals surface area contributed by atoms with E-state index in [0.717, 1.165) is 0 Å². The van der Waals surface area contributed by atoms with Gasteiger partial charge in [-0.3, -0.25) is 9.52 Å². The van der Waals surface area contributed by atoms with E-state index in [4.69, 9.17) is 9.47 Å². The van der Waals surface area contributed by atoms with Crippen LogP contribution in [0.2, 0.25) is 0 Å². The van der Waals surface area contributed by atoms with Crippen molar-refractivity contribution in [3.8, 4) is 16.5 Å². The number of morpholine rings is 1. The molecule has 1 fully saturated rings. The number of rotatable bonds is 6. The van der Waals surface area contributed by atoms with E-state index >= 15 is 0 Å². The summed E-state index contributed by atoms with van der Waals surface area (Å²) < 4.78 is 40.5. The predicted octanol–water partition coefficient (Wildman–Crippen LogP) is 2.74. The Balaban J connectivity index is 1.58. The number of aryl methyl sites for hydroxylation is 2. The fourth-order valence-corrected chi connectivity index (χ4v) is 5.60. The van der Waals surface area contributed by atoms with Gasteiger partial charge >= 0.3 is 0 Å². The van der Waals surface area contributed by atoms with Gasteiger partial charge in [-0.1, -0.05) is 0 Å². The van der Waals surface area contributed by atoms with Crippen LogP contribution in [0.25, 0.3) is 10.7 Å². The van der Waals surface area contributed by atoms with Crippen LogP contribution in [0, 0.1) is 6.92 Å². The quantitative estimate of drug-likeness (QED) is 0.587. The molecule has 170 valence electrons. The van der Waals surface area contributed by atoms with E-state index in [1.165, 1.54) is 17.5 Å². The molecule has 0 atom stereocenters. The minimum atomic E-state index is -3.80. The zero-order valence-electron chi connectivity index (χ0n) is 18.0. The maximum Gasteiger partial charge on any atom is 0.266 e. The SMILES string of the molecule is COc1ccc(NS(=O)(=O)c2cc(-c3nc(C)c(C(=O)N4CCOCC4)s3)n(C)c2)cc1. The highest BCUT2D eigenvalue weighted by Crippen LogP contribution is 2.31. The van der Waals surface area contributed by atoms with Crippen molar-refractivity contribution in [1.29, 1.82) is 0 Å². The predicted molar refractivity (Wildman–Crippen MR) is 122 cm³/mol. The number of sulfonamides is 1. The molecule has 1 amide bonds. The number of benzene rings is 1. The lowest BCUT2D eigenvalue weighted by molar-refractivity contribution is 0.0305. The van der Waals surface area contributed by atoms with Gasteiger partial charge in [0.05, 0.1) is 31.7 Å². The number of hydrogen-bond acceptors (Lipinski definition) is 7. The number of ether oxygens (including phenoxy) is 2. The number of nitrogens with one attached hydrogen (secondary N) is 1.